The van der Waals surface area contributed by atoms with Crippen molar-refractivity contribution < 1.29 is 4.79 Å². The molecule has 0 rings (SSSR count). The second kappa shape index (κ2) is 10.2. The van der Waals surface area contributed by atoms with Crippen LogP contribution in [-0.2, 0) is 4.79 Å². The van der Waals surface area contributed by atoms with Crippen LogP contribution in [0.4, 0.5) is 0 Å². The molecule has 0 saturated carbocycles. The third-order valence-electron chi connectivity index (χ3n) is 1.82. The van der Waals surface area contributed by atoms with E-state index in [0.29, 0.717) is 6.29 Å². The molecular weight excluding hydrogens is 148 g/mol. The molecule has 0 heterocycles. The molecule has 12 heavy (non-hydrogen) atoms. The molecule has 0 aromatic heterocycles. The Bertz CT molecular complexity index is 150. The molecule has 0 aliphatic rings. The number of hydrogen-bond acceptors (Lipinski definition) is 1. The number of carbonyl (C=O) groups excluding carboxylic acids is 1. The zero-order chi connectivity index (χ0) is 9.07. The fraction of sp³-hybridized carbons (Fsp3) is 0.727. The quantitative estimate of drug-likeness (QED) is 0.337. The van der Waals surface area contributed by atoms with Crippen LogP contribution in [0.25, 0.3) is 0 Å². The van der Waals surface area contributed by atoms with Crippen LogP contribution in [0.2, 0.25) is 0 Å². The Morgan fingerprint density at radius 3 is 2.42 bits per heavy atom. The Labute approximate surface area is 75.5 Å². The molecule has 0 saturated heterocycles. The first-order valence-corrected chi connectivity index (χ1v) is 4.84. The summed E-state index contributed by atoms with van der Waals surface area (Å²) < 4.78 is 0. The molecule has 68 valence electrons. The van der Waals surface area contributed by atoms with Crippen LogP contribution >= 0.6 is 0 Å². The zero-order valence-corrected chi connectivity index (χ0v) is 7.94. The van der Waals surface area contributed by atoms with Crippen LogP contribution < -0.4 is 0 Å². The van der Waals surface area contributed by atoms with E-state index < -0.39 is 0 Å². The first-order valence-electron chi connectivity index (χ1n) is 4.84. The molecular formula is C11H18O. The van der Waals surface area contributed by atoms with Gasteiger partial charge in [0.1, 0.15) is 0 Å². The van der Waals surface area contributed by atoms with Gasteiger partial charge in [-0.15, -0.1) is 0 Å². The first kappa shape index (κ1) is 11.2. The van der Waals surface area contributed by atoms with Crippen molar-refractivity contribution in [3.05, 3.63) is 0 Å². The molecule has 0 atom stereocenters. The van der Waals surface area contributed by atoms with Gasteiger partial charge in [-0.25, -0.2) is 0 Å². The Balaban J connectivity index is 2.95. The van der Waals surface area contributed by atoms with E-state index in [1.807, 2.05) is 0 Å². The minimum Gasteiger partial charge on any atom is -0.289 e. The summed E-state index contributed by atoms with van der Waals surface area (Å²) in [6, 6.07) is 0. The van der Waals surface area contributed by atoms with Crippen molar-refractivity contribution in [2.75, 3.05) is 0 Å². The minimum absolute atomic E-state index is 0.664. The fourth-order valence-corrected chi connectivity index (χ4v) is 1.11. The molecule has 1 heteroatoms. The summed E-state index contributed by atoms with van der Waals surface area (Å²) in [6.45, 7) is 2.22. The van der Waals surface area contributed by atoms with Crippen molar-refractivity contribution >= 4 is 6.29 Å². The van der Waals surface area contributed by atoms with E-state index in [0.717, 1.165) is 12.8 Å². The van der Waals surface area contributed by atoms with E-state index in [2.05, 4.69) is 18.8 Å². The van der Waals surface area contributed by atoms with Gasteiger partial charge in [-0.05, 0) is 12.3 Å². The summed E-state index contributed by atoms with van der Waals surface area (Å²) in [5.41, 5.74) is 0. The highest BCUT2D eigenvalue weighted by molar-refractivity contribution is 5.72. The lowest BCUT2D eigenvalue weighted by atomic mass is 10.1. The smallest absolute Gasteiger partial charge is 0.192 e. The van der Waals surface area contributed by atoms with Crippen molar-refractivity contribution in [1.82, 2.24) is 0 Å². The highest BCUT2D eigenvalue weighted by Crippen LogP contribution is 2.05. The van der Waals surface area contributed by atoms with E-state index in [1.165, 1.54) is 32.1 Å². The van der Waals surface area contributed by atoms with E-state index in [4.69, 9.17) is 0 Å². The van der Waals surface area contributed by atoms with Crippen LogP contribution in [0.1, 0.15) is 51.9 Å². The van der Waals surface area contributed by atoms with Crippen molar-refractivity contribution in [1.29, 1.82) is 0 Å². The summed E-state index contributed by atoms with van der Waals surface area (Å²) in [6.07, 6.45) is 9.25. The van der Waals surface area contributed by atoms with Gasteiger partial charge in [-0.3, -0.25) is 4.79 Å². The number of aldehydes is 1. The molecule has 0 aromatic rings. The average molecular weight is 166 g/mol. The second-order valence-electron chi connectivity index (χ2n) is 2.96. The van der Waals surface area contributed by atoms with E-state index >= 15 is 0 Å². The Morgan fingerprint density at radius 1 is 1.08 bits per heavy atom. The van der Waals surface area contributed by atoms with Crippen molar-refractivity contribution in [2.24, 2.45) is 0 Å². The molecule has 0 spiro atoms. The number of hydrogen-bond donors (Lipinski definition) is 0. The van der Waals surface area contributed by atoms with Crippen LogP contribution in [0.15, 0.2) is 0 Å². The molecule has 0 radical (unpaired) electrons. The Kier molecular flexibility index (Phi) is 9.57. The zero-order valence-electron chi connectivity index (χ0n) is 7.94. The van der Waals surface area contributed by atoms with Crippen molar-refractivity contribution in [2.45, 2.75) is 51.9 Å². The lowest BCUT2D eigenvalue weighted by Crippen LogP contribution is -1.77. The van der Waals surface area contributed by atoms with Gasteiger partial charge in [-0.2, -0.15) is 0 Å². The third-order valence-corrected chi connectivity index (χ3v) is 1.82. The molecule has 0 unspecified atom stereocenters. The minimum atomic E-state index is 0.664. The average Bonchev–Trinajstić information content (AvgIpc) is 2.10. The Hall–Kier alpha value is -0.770. The number of carbonyl (C=O) groups is 1. The molecule has 0 fully saturated rings. The third kappa shape index (κ3) is 9.23. The SMILES string of the molecule is CCCCCCCCC#CC=O. The molecule has 0 aliphatic carbocycles. The second-order valence-corrected chi connectivity index (χ2v) is 2.96. The van der Waals surface area contributed by atoms with Crippen molar-refractivity contribution in [3.63, 3.8) is 0 Å². The van der Waals surface area contributed by atoms with Crippen LogP contribution in [-0.4, -0.2) is 6.29 Å². The van der Waals surface area contributed by atoms with Gasteiger partial charge in [0.15, 0.2) is 6.29 Å². The summed E-state index contributed by atoms with van der Waals surface area (Å²) in [7, 11) is 0. The normalized spacial score (nSPS) is 8.75. The van der Waals surface area contributed by atoms with Gasteiger partial charge in [-0.1, -0.05) is 44.9 Å². The maximum absolute atomic E-state index is 9.81. The maximum atomic E-state index is 9.81. The maximum Gasteiger partial charge on any atom is 0.192 e. The van der Waals surface area contributed by atoms with Crippen LogP contribution in [0.3, 0.4) is 0 Å². The van der Waals surface area contributed by atoms with E-state index in [-0.39, 0.29) is 0 Å². The predicted molar refractivity (Wildman–Crippen MR) is 51.8 cm³/mol. The van der Waals surface area contributed by atoms with Gasteiger partial charge in [0.2, 0.25) is 0 Å². The topological polar surface area (TPSA) is 17.1 Å². The van der Waals surface area contributed by atoms with Gasteiger partial charge in [0, 0.05) is 6.42 Å². The lowest BCUT2D eigenvalue weighted by Gasteiger charge is -1.96. The summed E-state index contributed by atoms with van der Waals surface area (Å²) in [5, 5.41) is 0. The molecule has 0 aromatic carbocycles. The standard InChI is InChI=1S/C11H18O/c1-2-3-4-5-6-7-8-9-10-11-12/h11H,2-8H2,1H3. The largest absolute Gasteiger partial charge is 0.289 e. The number of rotatable bonds is 6. The van der Waals surface area contributed by atoms with Crippen molar-refractivity contribution in [3.8, 4) is 11.8 Å². The molecule has 0 N–H and O–H groups in total. The summed E-state index contributed by atoms with van der Waals surface area (Å²) >= 11 is 0. The lowest BCUT2D eigenvalue weighted by molar-refractivity contribution is -0.103. The highest BCUT2D eigenvalue weighted by Gasteiger charge is 1.87. The highest BCUT2D eigenvalue weighted by atomic mass is 16.1. The molecule has 1 nitrogen and oxygen atoms in total. The van der Waals surface area contributed by atoms with Gasteiger partial charge in [0.05, 0.1) is 0 Å². The van der Waals surface area contributed by atoms with E-state index in [1.54, 1.807) is 0 Å². The first-order chi connectivity index (χ1) is 5.91. The summed E-state index contributed by atoms with van der Waals surface area (Å²) in [5.74, 6) is 5.23. The van der Waals surface area contributed by atoms with Crippen LogP contribution in [0, 0.1) is 11.8 Å². The summed E-state index contributed by atoms with van der Waals surface area (Å²) in [4.78, 5) is 9.81. The molecule has 0 bridgehead atoms. The van der Waals surface area contributed by atoms with Gasteiger partial charge in [0.25, 0.3) is 0 Å². The monoisotopic (exact) mass is 166 g/mol. The number of unbranched alkanes of at least 4 members (excludes halogenated alkanes) is 6. The van der Waals surface area contributed by atoms with Gasteiger partial charge < -0.3 is 0 Å². The fourth-order valence-electron chi connectivity index (χ4n) is 1.11. The van der Waals surface area contributed by atoms with Crippen LogP contribution in [0.5, 0.6) is 0 Å². The van der Waals surface area contributed by atoms with E-state index in [9.17, 15) is 4.79 Å². The van der Waals surface area contributed by atoms with Gasteiger partial charge >= 0.3 is 0 Å². The molecule has 0 amide bonds. The molecule has 0 aliphatic heterocycles. The predicted octanol–water partition coefficient (Wildman–Crippen LogP) is 2.94. The Morgan fingerprint density at radius 2 is 1.75 bits per heavy atom.